The first-order valence-electron chi connectivity index (χ1n) is 15.1. The molecule has 0 unspecified atom stereocenters. The second kappa shape index (κ2) is 12.6. The summed E-state index contributed by atoms with van der Waals surface area (Å²) in [6, 6.07) is 23.6. The highest BCUT2D eigenvalue weighted by Gasteiger charge is 2.41. The number of piperazine rings is 1. The molecule has 2 heterocycles. The monoisotopic (exact) mass is 584 g/mol. The van der Waals surface area contributed by atoms with Gasteiger partial charge >= 0.3 is 0 Å². The number of methoxy groups -OCH3 is 1. The number of hydrogen-bond acceptors (Lipinski definition) is 5. The molecule has 2 bridgehead atoms. The predicted octanol–water partition coefficient (Wildman–Crippen LogP) is 5.57. The van der Waals surface area contributed by atoms with Gasteiger partial charge in [-0.2, -0.15) is 0 Å². The number of ether oxygens (including phenoxy) is 1. The first-order chi connectivity index (χ1) is 20.4. The largest absolute Gasteiger partial charge is 0.496 e. The molecule has 3 aromatic carbocycles. The number of halogens is 1. The van der Waals surface area contributed by atoms with E-state index in [4.69, 9.17) is 16.3 Å². The van der Waals surface area contributed by atoms with Gasteiger partial charge in [-0.25, -0.2) is 0 Å². The topological polar surface area (TPSA) is 56.8 Å². The lowest BCUT2D eigenvalue weighted by Gasteiger charge is -2.41. The van der Waals surface area contributed by atoms with E-state index in [1.807, 2.05) is 30.3 Å². The zero-order valence-corrected chi connectivity index (χ0v) is 25.6. The van der Waals surface area contributed by atoms with Crippen molar-refractivity contribution in [3.63, 3.8) is 0 Å². The molecule has 2 atom stereocenters. The molecule has 0 spiro atoms. The summed E-state index contributed by atoms with van der Waals surface area (Å²) in [6.45, 7) is 5.98. The number of rotatable bonds is 10. The quantitative estimate of drug-likeness (QED) is 0.326. The van der Waals surface area contributed by atoms with Gasteiger partial charge in [0.05, 0.1) is 13.2 Å². The van der Waals surface area contributed by atoms with E-state index in [9.17, 15) is 4.79 Å². The van der Waals surface area contributed by atoms with E-state index in [0.29, 0.717) is 18.6 Å². The molecule has 2 aliphatic heterocycles. The SMILES string of the molecule is COc1cccc(CN(C(=O)C2=C(c3ccc(CN(C)Cc4ccccc4Cl)cc3)C[C@H]3CNC[C@H]2N3)C2CC2)c1C. The van der Waals surface area contributed by atoms with E-state index in [1.54, 1.807) is 7.11 Å². The molecule has 1 amide bonds. The second-order valence-electron chi connectivity index (χ2n) is 12.0. The van der Waals surface area contributed by atoms with E-state index in [1.165, 1.54) is 11.1 Å². The molecule has 3 aliphatic rings. The van der Waals surface area contributed by atoms with Gasteiger partial charge in [0.2, 0.25) is 0 Å². The summed E-state index contributed by atoms with van der Waals surface area (Å²) in [5, 5.41) is 8.11. The Bertz CT molecular complexity index is 1470. The van der Waals surface area contributed by atoms with Crippen molar-refractivity contribution in [1.29, 1.82) is 0 Å². The van der Waals surface area contributed by atoms with Crippen LogP contribution in [0.3, 0.4) is 0 Å². The molecule has 0 aromatic heterocycles. The minimum atomic E-state index is 0.00841. The van der Waals surface area contributed by atoms with E-state index >= 15 is 0 Å². The number of carbonyl (C=O) groups excluding carboxylic acids is 1. The van der Waals surface area contributed by atoms with Crippen LogP contribution in [0.15, 0.2) is 72.3 Å². The summed E-state index contributed by atoms with van der Waals surface area (Å²) in [4.78, 5) is 18.9. The molecule has 1 saturated carbocycles. The molecule has 6 nitrogen and oxygen atoms in total. The lowest BCUT2D eigenvalue weighted by Crippen LogP contribution is -2.60. The summed E-state index contributed by atoms with van der Waals surface area (Å²) in [7, 11) is 3.82. The van der Waals surface area contributed by atoms with Gasteiger partial charge in [-0.3, -0.25) is 9.69 Å². The first kappa shape index (κ1) is 28.9. The minimum absolute atomic E-state index is 0.00841. The van der Waals surface area contributed by atoms with Crippen LogP contribution in [0.5, 0.6) is 5.75 Å². The number of fused-ring (bicyclic) bond motifs is 2. The molecule has 220 valence electrons. The molecule has 6 rings (SSSR count). The van der Waals surface area contributed by atoms with Gasteiger partial charge in [0.25, 0.3) is 5.91 Å². The van der Waals surface area contributed by atoms with Gasteiger partial charge < -0.3 is 20.3 Å². The standard InChI is InChI=1S/C35H41ClN4O2/c1-23-26(8-6-10-33(23)42-3)22-40(29-15-16-29)35(41)34-30(17-28-18-37-19-32(34)38-28)25-13-11-24(12-14-25)20-39(2)21-27-7-4-5-9-31(27)36/h4-14,28-29,32,37-38H,15-22H2,1-3H3/t28-,32+/m0/s1. The fraction of sp³-hybridized carbons (Fsp3) is 0.400. The van der Waals surface area contributed by atoms with Crippen LogP contribution in [0.2, 0.25) is 5.02 Å². The van der Waals surface area contributed by atoms with Crippen LogP contribution in [-0.2, 0) is 24.4 Å². The van der Waals surface area contributed by atoms with Crippen molar-refractivity contribution in [3.8, 4) is 5.75 Å². The summed E-state index contributed by atoms with van der Waals surface area (Å²) < 4.78 is 5.58. The highest BCUT2D eigenvalue weighted by Crippen LogP contribution is 2.37. The molecular formula is C35H41ClN4O2. The molecule has 1 aliphatic carbocycles. The summed E-state index contributed by atoms with van der Waals surface area (Å²) in [6.07, 6.45) is 2.96. The fourth-order valence-corrected chi connectivity index (χ4v) is 6.67. The summed E-state index contributed by atoms with van der Waals surface area (Å²) in [5.41, 5.74) is 7.89. The maximum Gasteiger partial charge on any atom is 0.252 e. The number of nitrogens with zero attached hydrogens (tertiary/aromatic N) is 2. The van der Waals surface area contributed by atoms with Gasteiger partial charge in [0, 0.05) is 55.4 Å². The van der Waals surface area contributed by atoms with Crippen LogP contribution in [0.25, 0.3) is 5.57 Å². The summed E-state index contributed by atoms with van der Waals surface area (Å²) in [5.74, 6) is 1.03. The molecule has 0 radical (unpaired) electrons. The third-order valence-corrected chi connectivity index (χ3v) is 9.26. The minimum Gasteiger partial charge on any atom is -0.496 e. The Morgan fingerprint density at radius 2 is 1.71 bits per heavy atom. The van der Waals surface area contributed by atoms with Crippen molar-refractivity contribution in [1.82, 2.24) is 20.4 Å². The Morgan fingerprint density at radius 1 is 0.952 bits per heavy atom. The van der Waals surface area contributed by atoms with Gasteiger partial charge in [0.15, 0.2) is 0 Å². The Hall–Kier alpha value is -3.16. The van der Waals surface area contributed by atoms with E-state index < -0.39 is 0 Å². The van der Waals surface area contributed by atoms with Gasteiger partial charge in [-0.1, -0.05) is 66.2 Å². The van der Waals surface area contributed by atoms with Crippen molar-refractivity contribution in [3.05, 3.63) is 105 Å². The van der Waals surface area contributed by atoms with Gasteiger partial charge in [-0.15, -0.1) is 0 Å². The third kappa shape index (κ3) is 6.28. The van der Waals surface area contributed by atoms with Crippen LogP contribution >= 0.6 is 11.6 Å². The number of carbonyl (C=O) groups is 1. The number of hydrogen-bond donors (Lipinski definition) is 2. The smallest absolute Gasteiger partial charge is 0.252 e. The lowest BCUT2D eigenvalue weighted by atomic mass is 9.83. The molecule has 2 N–H and O–H groups in total. The maximum atomic E-state index is 14.5. The first-order valence-corrected chi connectivity index (χ1v) is 15.4. The fourth-order valence-electron chi connectivity index (χ4n) is 6.48. The number of amides is 1. The average molecular weight is 585 g/mol. The highest BCUT2D eigenvalue weighted by atomic mass is 35.5. The van der Waals surface area contributed by atoms with Crippen LogP contribution in [-0.4, -0.2) is 61.1 Å². The number of nitrogens with one attached hydrogen (secondary N) is 2. The Balaban J connectivity index is 1.26. The van der Waals surface area contributed by atoms with E-state index in [0.717, 1.165) is 84.0 Å². The zero-order valence-electron chi connectivity index (χ0n) is 24.8. The molecule has 3 aromatic rings. The normalized spacial score (nSPS) is 20.1. The Morgan fingerprint density at radius 3 is 2.45 bits per heavy atom. The Labute approximate surface area is 254 Å². The maximum absolute atomic E-state index is 14.5. The van der Waals surface area contributed by atoms with Crippen LogP contribution < -0.4 is 15.4 Å². The average Bonchev–Trinajstić information content (AvgIpc) is 3.83. The lowest BCUT2D eigenvalue weighted by molar-refractivity contribution is -0.128. The molecular weight excluding hydrogens is 544 g/mol. The van der Waals surface area contributed by atoms with Crippen molar-refractivity contribution < 1.29 is 9.53 Å². The molecule has 1 saturated heterocycles. The van der Waals surface area contributed by atoms with Crippen LogP contribution in [0, 0.1) is 6.92 Å². The second-order valence-corrected chi connectivity index (χ2v) is 12.4. The van der Waals surface area contributed by atoms with Crippen molar-refractivity contribution in [2.45, 2.75) is 63.9 Å². The molecule has 42 heavy (non-hydrogen) atoms. The van der Waals surface area contributed by atoms with Crippen molar-refractivity contribution in [2.75, 3.05) is 27.2 Å². The van der Waals surface area contributed by atoms with Crippen LogP contribution in [0.4, 0.5) is 0 Å². The summed E-state index contributed by atoms with van der Waals surface area (Å²) >= 11 is 6.39. The van der Waals surface area contributed by atoms with E-state index in [2.05, 4.69) is 70.8 Å². The van der Waals surface area contributed by atoms with Gasteiger partial charge in [-0.05, 0) is 78.8 Å². The molecule has 2 fully saturated rings. The van der Waals surface area contributed by atoms with Crippen molar-refractivity contribution in [2.24, 2.45) is 0 Å². The zero-order chi connectivity index (χ0) is 29.2. The molecule has 7 heteroatoms. The number of benzene rings is 3. The van der Waals surface area contributed by atoms with Crippen molar-refractivity contribution >= 4 is 23.1 Å². The van der Waals surface area contributed by atoms with E-state index in [-0.39, 0.29) is 11.9 Å². The highest BCUT2D eigenvalue weighted by molar-refractivity contribution is 6.31. The van der Waals surface area contributed by atoms with Crippen LogP contribution in [0.1, 0.15) is 47.1 Å². The Kier molecular flexibility index (Phi) is 8.68. The predicted molar refractivity (Wildman–Crippen MR) is 169 cm³/mol. The third-order valence-electron chi connectivity index (χ3n) is 8.89. The van der Waals surface area contributed by atoms with Gasteiger partial charge in [0.1, 0.15) is 5.75 Å².